The van der Waals surface area contributed by atoms with Crippen LogP contribution in [0.5, 0.6) is 11.5 Å². The lowest BCUT2D eigenvalue weighted by Crippen LogP contribution is -2.18. The van der Waals surface area contributed by atoms with Gasteiger partial charge < -0.3 is 14.8 Å². The summed E-state index contributed by atoms with van der Waals surface area (Å²) in [6.07, 6.45) is 0. The van der Waals surface area contributed by atoms with Crippen molar-refractivity contribution in [2.45, 2.75) is 13.5 Å². The van der Waals surface area contributed by atoms with Gasteiger partial charge in [-0.05, 0) is 37.3 Å². The van der Waals surface area contributed by atoms with E-state index in [4.69, 9.17) is 21.1 Å². The minimum atomic E-state index is -0.151. The second-order valence-electron chi connectivity index (χ2n) is 4.55. The van der Waals surface area contributed by atoms with Crippen molar-refractivity contribution >= 4 is 17.5 Å². The first-order chi connectivity index (χ1) is 10.7. The molecule has 1 amide bonds. The van der Waals surface area contributed by atoms with E-state index in [-0.39, 0.29) is 12.5 Å². The minimum absolute atomic E-state index is 0.151. The largest absolute Gasteiger partial charge is 0.493 e. The highest BCUT2D eigenvalue weighted by molar-refractivity contribution is 6.32. The third-order valence-corrected chi connectivity index (χ3v) is 3.38. The first-order valence-corrected chi connectivity index (χ1v) is 7.38. The summed E-state index contributed by atoms with van der Waals surface area (Å²) in [5.74, 6) is 1.14. The van der Waals surface area contributed by atoms with E-state index < -0.39 is 0 Å². The predicted octanol–water partition coefficient (Wildman–Crippen LogP) is 3.68. The lowest BCUT2D eigenvalue weighted by molar-refractivity contribution is 0.0963. The van der Waals surface area contributed by atoms with Crippen molar-refractivity contribution in [3.8, 4) is 11.5 Å². The number of ether oxygens (including phenoxy) is 2. The normalized spacial score (nSPS) is 10.1. The van der Waals surface area contributed by atoms with Gasteiger partial charge in [-0.1, -0.05) is 23.7 Å². The van der Waals surface area contributed by atoms with Crippen LogP contribution in [0.1, 0.15) is 22.8 Å². The van der Waals surface area contributed by atoms with Crippen LogP contribution in [0, 0.1) is 0 Å². The van der Waals surface area contributed by atoms with Gasteiger partial charge in [-0.2, -0.15) is 0 Å². The zero-order chi connectivity index (χ0) is 15.9. The van der Waals surface area contributed by atoms with E-state index in [1.165, 1.54) is 0 Å². The van der Waals surface area contributed by atoms with Gasteiger partial charge in [0, 0.05) is 18.2 Å². The fraction of sp³-hybridized carbons (Fsp3) is 0.235. The fourth-order valence-electron chi connectivity index (χ4n) is 1.99. The molecule has 0 aliphatic heterocycles. The van der Waals surface area contributed by atoms with Crippen LogP contribution in [0.2, 0.25) is 5.02 Å². The van der Waals surface area contributed by atoms with Gasteiger partial charge in [0.15, 0.2) is 0 Å². The number of amides is 1. The molecule has 0 bridgehead atoms. The number of halogens is 1. The monoisotopic (exact) mass is 319 g/mol. The molecular weight excluding hydrogens is 302 g/mol. The van der Waals surface area contributed by atoms with E-state index in [1.54, 1.807) is 37.4 Å². The first-order valence-electron chi connectivity index (χ1n) is 7.00. The molecule has 2 aromatic carbocycles. The highest BCUT2D eigenvalue weighted by Crippen LogP contribution is 2.27. The Morgan fingerprint density at radius 2 is 1.91 bits per heavy atom. The first kappa shape index (κ1) is 16.2. The number of carbonyl (C=O) groups excluding carboxylic acids is 1. The third-order valence-electron chi connectivity index (χ3n) is 3.07. The maximum Gasteiger partial charge on any atom is 0.251 e. The number of carbonyl (C=O) groups is 1. The zero-order valence-corrected chi connectivity index (χ0v) is 13.3. The fourth-order valence-corrected chi connectivity index (χ4v) is 2.18. The summed E-state index contributed by atoms with van der Waals surface area (Å²) >= 11 is 6.08. The van der Waals surface area contributed by atoms with Crippen molar-refractivity contribution in [3.05, 3.63) is 58.6 Å². The summed E-state index contributed by atoms with van der Waals surface area (Å²) in [6.45, 7) is 2.72. The second-order valence-corrected chi connectivity index (χ2v) is 4.96. The predicted molar refractivity (Wildman–Crippen MR) is 86.8 cm³/mol. The number of nitrogens with one attached hydrogen (secondary N) is 1. The van der Waals surface area contributed by atoms with Crippen molar-refractivity contribution < 1.29 is 14.3 Å². The maximum absolute atomic E-state index is 11.7. The number of hydrogen-bond acceptors (Lipinski definition) is 3. The molecule has 0 aliphatic carbocycles. The van der Waals surface area contributed by atoms with Crippen LogP contribution >= 0.6 is 11.6 Å². The summed E-state index contributed by atoms with van der Waals surface area (Å²) < 4.78 is 11.3. The van der Waals surface area contributed by atoms with E-state index >= 15 is 0 Å². The van der Waals surface area contributed by atoms with Crippen molar-refractivity contribution in [3.63, 3.8) is 0 Å². The lowest BCUT2D eigenvalue weighted by Gasteiger charge is -2.13. The SMILES string of the molecule is CCOc1ccc(C(=O)NC)cc1COc1ccccc1Cl. The van der Waals surface area contributed by atoms with Gasteiger partial charge >= 0.3 is 0 Å². The van der Waals surface area contributed by atoms with Gasteiger partial charge in [0.05, 0.1) is 11.6 Å². The van der Waals surface area contributed by atoms with E-state index in [2.05, 4.69) is 5.32 Å². The Kier molecular flexibility index (Phi) is 5.67. The molecule has 0 saturated carbocycles. The zero-order valence-electron chi connectivity index (χ0n) is 12.6. The molecule has 0 spiro atoms. The van der Waals surface area contributed by atoms with Crippen LogP contribution in [-0.4, -0.2) is 19.6 Å². The molecule has 0 unspecified atom stereocenters. The third kappa shape index (κ3) is 3.92. The molecule has 0 aliphatic rings. The number of hydrogen-bond donors (Lipinski definition) is 1. The summed E-state index contributed by atoms with van der Waals surface area (Å²) in [5, 5.41) is 3.15. The Morgan fingerprint density at radius 3 is 2.59 bits per heavy atom. The van der Waals surface area contributed by atoms with E-state index in [9.17, 15) is 4.79 Å². The van der Waals surface area contributed by atoms with Gasteiger partial charge in [0.2, 0.25) is 0 Å². The van der Waals surface area contributed by atoms with Gasteiger partial charge in [0.1, 0.15) is 18.1 Å². The van der Waals surface area contributed by atoms with Crippen LogP contribution in [0.4, 0.5) is 0 Å². The molecule has 2 rings (SSSR count). The van der Waals surface area contributed by atoms with Gasteiger partial charge in [-0.15, -0.1) is 0 Å². The Bertz CT molecular complexity index is 658. The number of rotatable bonds is 6. The van der Waals surface area contributed by atoms with E-state index in [0.29, 0.717) is 28.7 Å². The standard InChI is InChI=1S/C17H18ClNO3/c1-3-21-15-9-8-12(17(20)19-2)10-13(15)11-22-16-7-5-4-6-14(16)18/h4-10H,3,11H2,1-2H3,(H,19,20). The van der Waals surface area contributed by atoms with E-state index in [0.717, 1.165) is 5.56 Å². The van der Waals surface area contributed by atoms with Crippen molar-refractivity contribution in [1.82, 2.24) is 5.32 Å². The van der Waals surface area contributed by atoms with Gasteiger partial charge in [-0.25, -0.2) is 0 Å². The Balaban J connectivity index is 2.23. The summed E-state index contributed by atoms with van der Waals surface area (Å²) in [6, 6.07) is 12.5. The van der Waals surface area contributed by atoms with E-state index in [1.807, 2.05) is 19.1 Å². The molecule has 0 fully saturated rings. The van der Waals surface area contributed by atoms with Crippen molar-refractivity contribution in [1.29, 1.82) is 0 Å². The summed E-state index contributed by atoms with van der Waals surface area (Å²) in [5.41, 5.74) is 1.35. The van der Waals surface area contributed by atoms with Crippen LogP contribution in [0.25, 0.3) is 0 Å². The van der Waals surface area contributed by atoms with Crippen LogP contribution in [-0.2, 0) is 6.61 Å². The molecule has 0 atom stereocenters. The highest BCUT2D eigenvalue weighted by Gasteiger charge is 2.11. The summed E-state index contributed by atoms with van der Waals surface area (Å²) in [7, 11) is 1.60. The maximum atomic E-state index is 11.7. The number of benzene rings is 2. The molecule has 0 saturated heterocycles. The molecule has 0 radical (unpaired) electrons. The average molecular weight is 320 g/mol. The smallest absolute Gasteiger partial charge is 0.251 e. The second kappa shape index (κ2) is 7.71. The lowest BCUT2D eigenvalue weighted by atomic mass is 10.1. The molecule has 5 heteroatoms. The van der Waals surface area contributed by atoms with Crippen LogP contribution in [0.15, 0.2) is 42.5 Å². The van der Waals surface area contributed by atoms with Crippen LogP contribution in [0.3, 0.4) is 0 Å². The molecule has 22 heavy (non-hydrogen) atoms. The summed E-state index contributed by atoms with van der Waals surface area (Å²) in [4.78, 5) is 11.7. The molecule has 0 heterocycles. The Hall–Kier alpha value is -2.20. The average Bonchev–Trinajstić information content (AvgIpc) is 2.54. The molecule has 2 aromatic rings. The number of para-hydroxylation sites is 1. The Morgan fingerprint density at radius 1 is 1.14 bits per heavy atom. The van der Waals surface area contributed by atoms with Crippen molar-refractivity contribution in [2.24, 2.45) is 0 Å². The van der Waals surface area contributed by atoms with Gasteiger partial charge in [0.25, 0.3) is 5.91 Å². The van der Waals surface area contributed by atoms with Crippen molar-refractivity contribution in [2.75, 3.05) is 13.7 Å². The van der Waals surface area contributed by atoms with Gasteiger partial charge in [-0.3, -0.25) is 4.79 Å². The minimum Gasteiger partial charge on any atom is -0.493 e. The molecule has 0 aromatic heterocycles. The molecule has 116 valence electrons. The quantitative estimate of drug-likeness (QED) is 0.883. The molecular formula is C17H18ClNO3. The topological polar surface area (TPSA) is 47.6 Å². The highest BCUT2D eigenvalue weighted by atomic mass is 35.5. The Labute approximate surface area is 135 Å². The van der Waals surface area contributed by atoms with Crippen LogP contribution < -0.4 is 14.8 Å². The molecule has 1 N–H and O–H groups in total. The molecule has 4 nitrogen and oxygen atoms in total.